The first-order valence-corrected chi connectivity index (χ1v) is 10.6. The zero-order valence-corrected chi connectivity index (χ0v) is 17.7. The van der Waals surface area contributed by atoms with Gasteiger partial charge in [0.05, 0.1) is 33.1 Å². The molecule has 1 aromatic heterocycles. The van der Waals surface area contributed by atoms with Crippen LogP contribution in [0.1, 0.15) is 62.0 Å². The van der Waals surface area contributed by atoms with E-state index in [4.69, 9.17) is 16.7 Å². The molecule has 33 heavy (non-hydrogen) atoms. The number of fused-ring (bicyclic) bond motifs is 3. The number of carboxylic acid groups (broad SMARTS) is 1. The highest BCUT2D eigenvalue weighted by Gasteiger charge is 2.45. The van der Waals surface area contributed by atoms with Gasteiger partial charge in [-0.3, -0.25) is 4.79 Å². The number of rotatable bonds is 4. The number of hydrogen-bond acceptors (Lipinski definition) is 2. The molecule has 1 heterocycles. The van der Waals surface area contributed by atoms with Crippen LogP contribution in [0.25, 0.3) is 5.69 Å². The van der Waals surface area contributed by atoms with E-state index in [0.717, 1.165) is 36.6 Å². The van der Waals surface area contributed by atoms with Crippen molar-refractivity contribution in [3.8, 4) is 5.69 Å². The van der Waals surface area contributed by atoms with Crippen molar-refractivity contribution in [3.05, 3.63) is 86.9 Å². The van der Waals surface area contributed by atoms with Gasteiger partial charge in [-0.05, 0) is 73.1 Å². The summed E-state index contributed by atoms with van der Waals surface area (Å²) in [5.74, 6) is -2.56. The van der Waals surface area contributed by atoms with Gasteiger partial charge in [0.2, 0.25) is 5.78 Å². The molecule has 1 N–H and O–H groups in total. The highest BCUT2D eigenvalue weighted by atomic mass is 35.5. The molecule has 1 fully saturated rings. The van der Waals surface area contributed by atoms with Crippen LogP contribution in [-0.2, 0) is 12.6 Å². The number of nitrogens with zero attached hydrogens (tertiary/aromatic N) is 1. The summed E-state index contributed by atoms with van der Waals surface area (Å²) in [6.45, 7) is 0. The lowest BCUT2D eigenvalue weighted by atomic mass is 9.97. The zero-order valence-electron chi connectivity index (χ0n) is 16.9. The van der Waals surface area contributed by atoms with Crippen molar-refractivity contribution in [1.29, 1.82) is 0 Å². The second-order valence-electron chi connectivity index (χ2n) is 8.37. The van der Waals surface area contributed by atoms with E-state index in [0.29, 0.717) is 18.0 Å². The van der Waals surface area contributed by atoms with Gasteiger partial charge in [-0.25, -0.2) is 9.18 Å². The first-order chi connectivity index (χ1) is 15.6. The van der Waals surface area contributed by atoms with Crippen LogP contribution in [-0.4, -0.2) is 21.4 Å². The van der Waals surface area contributed by atoms with Crippen LogP contribution in [0.4, 0.5) is 17.6 Å². The summed E-state index contributed by atoms with van der Waals surface area (Å²) in [5, 5.41) is 8.79. The Kier molecular flexibility index (Phi) is 4.90. The van der Waals surface area contributed by atoms with Crippen LogP contribution in [0.15, 0.2) is 42.5 Å². The van der Waals surface area contributed by atoms with E-state index in [1.54, 1.807) is 0 Å². The van der Waals surface area contributed by atoms with Gasteiger partial charge in [-0.1, -0.05) is 17.7 Å². The largest absolute Gasteiger partial charge is 0.478 e. The van der Waals surface area contributed by atoms with Gasteiger partial charge in [0, 0.05) is 5.69 Å². The standard InChI is InChI=1S/C24H16ClF4NO3/c25-16-3-1-2-15(24(27,28)29)21(16)22(31)20-10-14-13-8-11(13)4-6-18(14)30(20)19-7-5-12(23(32)33)9-17(19)26/h1-3,5,7,9-11,13H,4,6,8H2,(H,32,33). The molecule has 0 aliphatic heterocycles. The second-order valence-corrected chi connectivity index (χ2v) is 8.78. The predicted molar refractivity (Wildman–Crippen MR) is 112 cm³/mol. The van der Waals surface area contributed by atoms with E-state index >= 15 is 4.39 Å². The Balaban J connectivity index is 1.74. The van der Waals surface area contributed by atoms with Crippen molar-refractivity contribution < 1.29 is 32.3 Å². The van der Waals surface area contributed by atoms with Crippen molar-refractivity contribution in [2.75, 3.05) is 0 Å². The highest BCUT2D eigenvalue weighted by Crippen LogP contribution is 2.55. The number of carboxylic acids is 1. The molecule has 170 valence electrons. The SMILES string of the molecule is O=C(O)c1ccc(-n2c(C(=O)c3c(Cl)cccc3C(F)(F)F)cc3c2CCC2CC32)c(F)c1. The molecule has 2 aliphatic rings. The van der Waals surface area contributed by atoms with E-state index in [9.17, 15) is 22.8 Å². The monoisotopic (exact) mass is 477 g/mol. The lowest BCUT2D eigenvalue weighted by Gasteiger charge is -2.19. The minimum atomic E-state index is -4.82. The predicted octanol–water partition coefficient (Wildman–Crippen LogP) is 6.27. The average Bonchev–Trinajstić information content (AvgIpc) is 3.45. The molecule has 2 atom stereocenters. The molecule has 2 aliphatic carbocycles. The summed E-state index contributed by atoms with van der Waals surface area (Å²) in [6, 6.07) is 7.90. The van der Waals surface area contributed by atoms with E-state index in [1.165, 1.54) is 28.8 Å². The lowest BCUT2D eigenvalue weighted by molar-refractivity contribution is -0.137. The number of carbonyl (C=O) groups is 2. The summed E-state index contributed by atoms with van der Waals surface area (Å²) in [4.78, 5) is 24.7. The maximum absolute atomic E-state index is 15.0. The molecule has 2 unspecified atom stereocenters. The van der Waals surface area contributed by atoms with Crippen molar-refractivity contribution in [2.24, 2.45) is 5.92 Å². The van der Waals surface area contributed by atoms with Gasteiger partial charge < -0.3 is 9.67 Å². The van der Waals surface area contributed by atoms with Crippen molar-refractivity contribution in [2.45, 2.75) is 31.4 Å². The molecule has 0 saturated heterocycles. The van der Waals surface area contributed by atoms with Gasteiger partial charge in [-0.2, -0.15) is 13.2 Å². The Morgan fingerprint density at radius 1 is 1.12 bits per heavy atom. The Labute approximate surface area is 190 Å². The molecule has 3 aromatic rings. The molecule has 5 rings (SSSR count). The van der Waals surface area contributed by atoms with Gasteiger partial charge >= 0.3 is 12.1 Å². The summed E-state index contributed by atoms with van der Waals surface area (Å²) in [7, 11) is 0. The fourth-order valence-electron chi connectivity index (χ4n) is 4.80. The molecule has 0 amide bonds. The maximum atomic E-state index is 15.0. The lowest BCUT2D eigenvalue weighted by Crippen LogP contribution is -2.18. The van der Waals surface area contributed by atoms with Crippen LogP contribution in [0.5, 0.6) is 0 Å². The third kappa shape index (κ3) is 3.53. The zero-order chi connectivity index (χ0) is 23.7. The summed E-state index contributed by atoms with van der Waals surface area (Å²) in [6.07, 6.45) is -2.56. The molecule has 0 spiro atoms. The number of aromatic carboxylic acids is 1. The van der Waals surface area contributed by atoms with E-state index in [-0.39, 0.29) is 27.9 Å². The van der Waals surface area contributed by atoms with Crippen LogP contribution >= 0.6 is 11.6 Å². The number of benzene rings is 2. The molecule has 0 radical (unpaired) electrons. The number of carbonyl (C=O) groups excluding carboxylic acids is 1. The summed E-state index contributed by atoms with van der Waals surface area (Å²) < 4.78 is 57.4. The smallest absolute Gasteiger partial charge is 0.417 e. The molecular weight excluding hydrogens is 462 g/mol. The average molecular weight is 478 g/mol. The molecule has 2 aromatic carbocycles. The van der Waals surface area contributed by atoms with E-state index < -0.39 is 34.9 Å². The minimum Gasteiger partial charge on any atom is -0.478 e. The Morgan fingerprint density at radius 3 is 2.55 bits per heavy atom. The topological polar surface area (TPSA) is 59.3 Å². The van der Waals surface area contributed by atoms with E-state index in [2.05, 4.69) is 0 Å². The second kappa shape index (κ2) is 7.45. The van der Waals surface area contributed by atoms with Crippen molar-refractivity contribution in [3.63, 3.8) is 0 Å². The molecule has 9 heteroatoms. The first-order valence-electron chi connectivity index (χ1n) is 10.3. The van der Waals surface area contributed by atoms with Gasteiger partial charge in [-0.15, -0.1) is 0 Å². The normalized spacial score (nSPS) is 19.1. The highest BCUT2D eigenvalue weighted by molar-refractivity contribution is 6.35. The molecule has 0 bridgehead atoms. The van der Waals surface area contributed by atoms with Crippen molar-refractivity contribution >= 4 is 23.4 Å². The van der Waals surface area contributed by atoms with Crippen LogP contribution < -0.4 is 0 Å². The fourth-order valence-corrected chi connectivity index (χ4v) is 5.06. The Morgan fingerprint density at radius 2 is 1.88 bits per heavy atom. The van der Waals surface area contributed by atoms with Crippen LogP contribution in [0.2, 0.25) is 5.02 Å². The summed E-state index contributed by atoms with van der Waals surface area (Å²) >= 11 is 6.06. The number of hydrogen-bond donors (Lipinski definition) is 1. The van der Waals surface area contributed by atoms with Gasteiger partial charge in [0.25, 0.3) is 0 Å². The minimum absolute atomic E-state index is 0.0932. The van der Waals surface area contributed by atoms with Gasteiger partial charge in [0.15, 0.2) is 0 Å². The number of halogens is 5. The number of aromatic nitrogens is 1. The number of ketones is 1. The van der Waals surface area contributed by atoms with Crippen LogP contribution in [0, 0.1) is 11.7 Å². The van der Waals surface area contributed by atoms with Crippen molar-refractivity contribution in [1.82, 2.24) is 4.57 Å². The first kappa shape index (κ1) is 21.7. The summed E-state index contributed by atoms with van der Waals surface area (Å²) in [5.41, 5.74) is -0.902. The quantitative estimate of drug-likeness (QED) is 0.356. The van der Waals surface area contributed by atoms with E-state index in [1.807, 2.05) is 0 Å². The molecule has 1 saturated carbocycles. The Hall–Kier alpha value is -3.13. The van der Waals surface area contributed by atoms with Crippen LogP contribution in [0.3, 0.4) is 0 Å². The molecule has 4 nitrogen and oxygen atoms in total. The number of alkyl halides is 3. The molecular formula is C24H16ClF4NO3. The Bertz CT molecular complexity index is 1330. The maximum Gasteiger partial charge on any atom is 0.417 e. The fraction of sp³-hybridized carbons (Fsp3) is 0.250. The third-order valence-corrected chi connectivity index (χ3v) is 6.74. The van der Waals surface area contributed by atoms with Gasteiger partial charge in [0.1, 0.15) is 5.82 Å². The third-order valence-electron chi connectivity index (χ3n) is 6.42.